The van der Waals surface area contributed by atoms with Crippen molar-refractivity contribution in [2.24, 2.45) is 0 Å². The van der Waals surface area contributed by atoms with Gasteiger partial charge in [-0.15, -0.1) is 0 Å². The number of nitrogens with one attached hydrogen (secondary N) is 2. The van der Waals surface area contributed by atoms with Gasteiger partial charge in [0.15, 0.2) is 8.24 Å². The van der Waals surface area contributed by atoms with Crippen LogP contribution in [0.25, 0.3) is 22.0 Å². The van der Waals surface area contributed by atoms with Crippen LogP contribution < -0.4 is 10.6 Å². The van der Waals surface area contributed by atoms with Gasteiger partial charge in [0.2, 0.25) is 5.91 Å². The summed E-state index contributed by atoms with van der Waals surface area (Å²) in [5, 5.41) is 7.65. The zero-order valence-electron chi connectivity index (χ0n) is 22.5. The third-order valence-electron chi connectivity index (χ3n) is 7.44. The Labute approximate surface area is 216 Å². The maximum Gasteiger partial charge on any atom is 0.221 e. The van der Waals surface area contributed by atoms with E-state index in [1.807, 2.05) is 18.2 Å². The number of benzene rings is 2. The highest BCUT2D eigenvalue weighted by atomic mass is 28.3. The van der Waals surface area contributed by atoms with Gasteiger partial charge in [-0.2, -0.15) is 0 Å². The molecule has 1 amide bonds. The van der Waals surface area contributed by atoms with Crippen LogP contribution in [0.1, 0.15) is 48.5 Å². The molecule has 0 aliphatic carbocycles. The molecule has 0 aliphatic heterocycles. The molecule has 36 heavy (non-hydrogen) atoms. The topological polar surface area (TPSA) is 59.0 Å². The number of fused-ring (bicyclic) bond motifs is 1. The average Bonchev–Trinajstić information content (AvgIpc) is 3.23. The minimum absolute atomic E-state index is 0.0922. The van der Waals surface area contributed by atoms with Gasteiger partial charge < -0.3 is 14.9 Å². The molecule has 0 aliphatic rings. The summed E-state index contributed by atoms with van der Waals surface area (Å²) in [5.41, 5.74) is 7.89. The second kappa shape index (κ2) is 10.3. The third-order valence-corrected chi connectivity index (χ3v) is 14.2. The van der Waals surface area contributed by atoms with E-state index in [0.717, 1.165) is 28.2 Å². The van der Waals surface area contributed by atoms with Gasteiger partial charge in [0, 0.05) is 35.4 Å². The first-order valence-corrected chi connectivity index (χ1v) is 15.0. The largest absolute Gasteiger partial charge is 0.373 e. The lowest BCUT2D eigenvalue weighted by molar-refractivity contribution is -0.114. The second-order valence-corrected chi connectivity index (χ2v) is 16.3. The fourth-order valence-electron chi connectivity index (χ4n) is 6.33. The molecule has 4 aromatic rings. The highest BCUT2D eigenvalue weighted by molar-refractivity contribution is 6.82. The summed E-state index contributed by atoms with van der Waals surface area (Å²) in [6.07, 6.45) is 5.87. The number of pyridine rings is 1. The first-order valence-electron chi connectivity index (χ1n) is 12.8. The van der Waals surface area contributed by atoms with E-state index in [1.54, 1.807) is 12.4 Å². The molecular formula is C30H38N4OSi. The summed E-state index contributed by atoms with van der Waals surface area (Å²) in [6.45, 7) is 15.9. The van der Waals surface area contributed by atoms with Crippen molar-refractivity contribution in [3.8, 4) is 11.1 Å². The van der Waals surface area contributed by atoms with Crippen LogP contribution in [0.4, 0.5) is 17.1 Å². The smallest absolute Gasteiger partial charge is 0.221 e. The number of carbonyl (C=O) groups excluding carboxylic acids is 1. The number of amides is 1. The molecule has 0 unspecified atom stereocenters. The molecule has 188 valence electrons. The number of anilines is 3. The minimum Gasteiger partial charge on any atom is -0.373 e. The lowest BCUT2D eigenvalue weighted by Crippen LogP contribution is -2.51. The molecule has 0 saturated heterocycles. The molecule has 6 heteroatoms. The van der Waals surface area contributed by atoms with Crippen molar-refractivity contribution < 1.29 is 4.79 Å². The van der Waals surface area contributed by atoms with E-state index in [9.17, 15) is 4.79 Å². The van der Waals surface area contributed by atoms with Crippen LogP contribution in [-0.2, 0) is 4.79 Å². The molecule has 0 bridgehead atoms. The van der Waals surface area contributed by atoms with Gasteiger partial charge in [-0.1, -0.05) is 53.7 Å². The van der Waals surface area contributed by atoms with Gasteiger partial charge in [0.25, 0.3) is 0 Å². The molecule has 0 atom stereocenters. The van der Waals surface area contributed by atoms with Crippen molar-refractivity contribution in [3.05, 3.63) is 73.2 Å². The van der Waals surface area contributed by atoms with E-state index in [-0.39, 0.29) is 5.91 Å². The average molecular weight is 499 g/mol. The van der Waals surface area contributed by atoms with Crippen LogP contribution in [0.15, 0.2) is 73.2 Å². The third kappa shape index (κ3) is 4.70. The van der Waals surface area contributed by atoms with Crippen LogP contribution in [0.3, 0.4) is 0 Å². The summed E-state index contributed by atoms with van der Waals surface area (Å²) >= 11 is 0. The highest BCUT2D eigenvalue weighted by Crippen LogP contribution is 2.45. The van der Waals surface area contributed by atoms with Crippen molar-refractivity contribution in [2.75, 3.05) is 10.6 Å². The Morgan fingerprint density at radius 3 is 2.17 bits per heavy atom. The van der Waals surface area contributed by atoms with E-state index in [1.165, 1.54) is 17.8 Å². The first-order chi connectivity index (χ1) is 17.1. The molecule has 2 N–H and O–H groups in total. The van der Waals surface area contributed by atoms with Crippen LogP contribution >= 0.6 is 0 Å². The Kier molecular flexibility index (Phi) is 7.36. The highest BCUT2D eigenvalue weighted by Gasteiger charge is 2.45. The standard InChI is InChI=1S/C30H38N4OSi/c1-20(2)36(21(3)4,22(5)6)34-15-13-29-28(11-8-12-30(29)34)24-16-26(32-23(7)35)18-27(17-24)33-25-10-9-14-31-19-25/h8-22,33H,1-7H3,(H,32,35). The van der Waals surface area contributed by atoms with E-state index in [0.29, 0.717) is 16.6 Å². The SMILES string of the molecule is CC(=O)Nc1cc(Nc2cccnc2)cc(-c2cccc3c2ccn3[Si](C(C)C)(C(C)C)C(C)C)c1. The summed E-state index contributed by atoms with van der Waals surface area (Å²) in [6, 6.07) is 18.9. The van der Waals surface area contributed by atoms with E-state index in [4.69, 9.17) is 0 Å². The van der Waals surface area contributed by atoms with Crippen LogP contribution in [0, 0.1) is 0 Å². The second-order valence-electron chi connectivity index (χ2n) is 10.6. The van der Waals surface area contributed by atoms with Gasteiger partial charge in [0.1, 0.15) is 0 Å². The van der Waals surface area contributed by atoms with Gasteiger partial charge in [-0.3, -0.25) is 9.78 Å². The number of hydrogen-bond donors (Lipinski definition) is 2. The lowest BCUT2D eigenvalue weighted by Gasteiger charge is -2.44. The molecule has 0 spiro atoms. The maximum absolute atomic E-state index is 11.9. The Morgan fingerprint density at radius 1 is 0.861 bits per heavy atom. The molecule has 0 saturated carbocycles. The monoisotopic (exact) mass is 498 g/mol. The maximum atomic E-state index is 11.9. The van der Waals surface area contributed by atoms with Crippen molar-refractivity contribution in [1.29, 1.82) is 0 Å². The Hall–Kier alpha value is -3.38. The molecule has 0 radical (unpaired) electrons. The summed E-state index contributed by atoms with van der Waals surface area (Å²) < 4.78 is 2.65. The zero-order valence-corrected chi connectivity index (χ0v) is 23.5. The number of aromatic nitrogens is 2. The van der Waals surface area contributed by atoms with E-state index < -0.39 is 8.24 Å². The van der Waals surface area contributed by atoms with Gasteiger partial charge in [-0.25, -0.2) is 0 Å². The van der Waals surface area contributed by atoms with Crippen LogP contribution in [-0.4, -0.2) is 23.4 Å². The van der Waals surface area contributed by atoms with E-state index in [2.05, 4.69) is 104 Å². The lowest BCUT2D eigenvalue weighted by atomic mass is 10.0. The van der Waals surface area contributed by atoms with Crippen molar-refractivity contribution >= 4 is 42.1 Å². The van der Waals surface area contributed by atoms with Crippen molar-refractivity contribution in [2.45, 2.75) is 65.1 Å². The molecule has 0 fully saturated rings. The molecule has 4 rings (SSSR count). The number of nitrogens with zero attached hydrogens (tertiary/aromatic N) is 2. The van der Waals surface area contributed by atoms with Gasteiger partial charge in [0.05, 0.1) is 11.9 Å². The minimum atomic E-state index is -1.89. The molecule has 2 aromatic heterocycles. The summed E-state index contributed by atoms with van der Waals surface area (Å²) in [7, 11) is -1.89. The van der Waals surface area contributed by atoms with Gasteiger partial charge >= 0.3 is 0 Å². The summed E-state index contributed by atoms with van der Waals surface area (Å²) in [5.74, 6) is -0.0922. The fourth-order valence-corrected chi connectivity index (χ4v) is 12.9. The predicted molar refractivity (Wildman–Crippen MR) is 156 cm³/mol. The quantitative estimate of drug-likeness (QED) is 0.240. The Balaban J connectivity index is 1.89. The number of carbonyl (C=O) groups is 1. The normalized spacial score (nSPS) is 12.1. The van der Waals surface area contributed by atoms with Crippen LogP contribution in [0.5, 0.6) is 0 Å². The fraction of sp³-hybridized carbons (Fsp3) is 0.333. The van der Waals surface area contributed by atoms with Crippen molar-refractivity contribution in [1.82, 2.24) is 9.22 Å². The number of hydrogen-bond acceptors (Lipinski definition) is 3. The molecule has 2 aromatic carbocycles. The van der Waals surface area contributed by atoms with Crippen LogP contribution in [0.2, 0.25) is 16.6 Å². The first kappa shape index (κ1) is 25.7. The molecular weight excluding hydrogens is 460 g/mol. The Morgan fingerprint density at radius 2 is 1.56 bits per heavy atom. The zero-order chi connectivity index (χ0) is 26.0. The van der Waals surface area contributed by atoms with Crippen molar-refractivity contribution in [3.63, 3.8) is 0 Å². The number of rotatable bonds is 8. The molecule has 5 nitrogen and oxygen atoms in total. The van der Waals surface area contributed by atoms with E-state index >= 15 is 0 Å². The Bertz CT molecular complexity index is 1340. The predicted octanol–water partition coefficient (Wildman–Crippen LogP) is 8.43. The summed E-state index contributed by atoms with van der Waals surface area (Å²) in [4.78, 5) is 16.1. The van der Waals surface area contributed by atoms with Gasteiger partial charge in [-0.05, 0) is 76.4 Å². The molecule has 2 heterocycles.